The van der Waals surface area contributed by atoms with Crippen LogP contribution in [0.2, 0.25) is 0 Å². The molecule has 0 unspecified atom stereocenters. The van der Waals surface area contributed by atoms with Crippen LogP contribution in [0.4, 0.5) is 0 Å². The summed E-state index contributed by atoms with van der Waals surface area (Å²) in [6.07, 6.45) is -1.24. The number of carbonyl (C=O) groups excluding carboxylic acids is 4. The van der Waals surface area contributed by atoms with Crippen molar-refractivity contribution < 1.29 is 56.7 Å². The summed E-state index contributed by atoms with van der Waals surface area (Å²) >= 11 is 0. The van der Waals surface area contributed by atoms with E-state index in [1.807, 2.05) is 0 Å². The molecule has 0 rings (SSSR count). The summed E-state index contributed by atoms with van der Waals surface area (Å²) < 4.78 is 0. The molecule has 4 N–H and O–H groups in total. The Morgan fingerprint density at radius 2 is 1.25 bits per heavy atom. The number of hydrogen-bond acceptors (Lipinski definition) is 9. The zero-order valence-corrected chi connectivity index (χ0v) is 11.6. The largest absolute Gasteiger partial charge is 3.00 e. The Morgan fingerprint density at radius 3 is 1.50 bits per heavy atom. The van der Waals surface area contributed by atoms with E-state index in [0.29, 0.717) is 4.90 Å². The minimum Gasteiger partial charge on any atom is -0.550 e. The summed E-state index contributed by atoms with van der Waals surface area (Å²) in [6.45, 7) is -2.00. The first-order valence-corrected chi connectivity index (χ1v) is 4.78. The third kappa shape index (κ3) is 10.3. The Bertz CT molecular complexity index is 346. The molecule has 11 heteroatoms. The monoisotopic (exact) mass is 333 g/mol. The molecule has 1 radical (unpaired) electrons. The maximum Gasteiger partial charge on any atom is 3.00 e. The smallest absolute Gasteiger partial charge is 0.550 e. The molecule has 20 heavy (non-hydrogen) atoms. The Labute approximate surface area is 124 Å². The van der Waals surface area contributed by atoms with Crippen LogP contribution >= 0.6 is 0 Å². The molecule has 0 aromatic carbocycles. The molecular weight excluding hydrogens is 320 g/mol. The Kier molecular flexibility index (Phi) is 13.1. The van der Waals surface area contributed by atoms with Gasteiger partial charge in [-0.15, -0.1) is 0 Å². The van der Waals surface area contributed by atoms with Crippen molar-refractivity contribution in [2.45, 2.75) is 18.9 Å². The van der Waals surface area contributed by atoms with E-state index in [-0.39, 0.29) is 23.2 Å². The summed E-state index contributed by atoms with van der Waals surface area (Å²) in [5.74, 6) is -6.77. The summed E-state index contributed by atoms with van der Waals surface area (Å²) in [7, 11) is 0. The first-order valence-electron chi connectivity index (χ1n) is 4.78. The molecule has 0 heterocycles. The second-order valence-corrected chi connectivity index (χ2v) is 3.39. The van der Waals surface area contributed by atoms with Gasteiger partial charge < -0.3 is 45.8 Å². The van der Waals surface area contributed by atoms with Crippen LogP contribution in [0.15, 0.2) is 0 Å². The molecule has 0 amide bonds. The summed E-state index contributed by atoms with van der Waals surface area (Å²) in [5.41, 5.74) is 0. The van der Waals surface area contributed by atoms with Gasteiger partial charge in [-0.2, -0.15) is 0 Å². The third-order valence-corrected chi connectivity index (χ3v) is 2.00. The van der Waals surface area contributed by atoms with Gasteiger partial charge in [0.1, 0.15) is 0 Å². The average Bonchev–Trinajstić information content (AvgIpc) is 2.14. The van der Waals surface area contributed by atoms with E-state index in [4.69, 9.17) is 0 Å². The predicted molar refractivity (Wildman–Crippen MR) is 50.6 cm³/mol. The molecule has 0 saturated heterocycles. The van der Waals surface area contributed by atoms with E-state index in [0.717, 1.165) is 0 Å². The number of carbonyl (C=O) groups is 4. The SMILES string of the molecule is O=C([O-])CC[C@@H](C(=O)[O-])N(CC(=O)[O-])CC(=O)[O-].[Fe+3].[NH4+]. The molecule has 10 nitrogen and oxygen atoms in total. The van der Waals surface area contributed by atoms with Gasteiger partial charge in [0.05, 0.1) is 23.9 Å². The fourth-order valence-electron chi connectivity index (χ4n) is 1.31. The van der Waals surface area contributed by atoms with Crippen molar-refractivity contribution in [1.82, 2.24) is 11.1 Å². The average molecular weight is 333 g/mol. The fourth-order valence-corrected chi connectivity index (χ4v) is 1.31. The summed E-state index contributed by atoms with van der Waals surface area (Å²) in [4.78, 5) is 42.1. The van der Waals surface area contributed by atoms with Crippen molar-refractivity contribution in [2.24, 2.45) is 0 Å². The molecule has 115 valence electrons. The topological polar surface area (TPSA) is 200 Å². The van der Waals surface area contributed by atoms with Crippen molar-refractivity contribution in [1.29, 1.82) is 0 Å². The van der Waals surface area contributed by atoms with E-state index in [9.17, 15) is 39.6 Å². The fraction of sp³-hybridized carbons (Fsp3) is 0.556. The second-order valence-electron chi connectivity index (χ2n) is 3.39. The second kappa shape index (κ2) is 11.2. The van der Waals surface area contributed by atoms with Crippen molar-refractivity contribution in [3.8, 4) is 0 Å². The summed E-state index contributed by atoms with van der Waals surface area (Å²) in [6, 6.07) is -1.70. The van der Waals surface area contributed by atoms with Gasteiger partial charge in [0.2, 0.25) is 0 Å². The minimum absolute atomic E-state index is 0. The van der Waals surface area contributed by atoms with E-state index in [1.165, 1.54) is 0 Å². The van der Waals surface area contributed by atoms with Gasteiger partial charge in [0.25, 0.3) is 0 Å². The number of carboxylic acid groups (broad SMARTS) is 4. The van der Waals surface area contributed by atoms with Gasteiger partial charge in [-0.25, -0.2) is 0 Å². The van der Waals surface area contributed by atoms with E-state index >= 15 is 0 Å². The number of nitrogens with zero attached hydrogens (tertiary/aromatic N) is 1. The van der Waals surface area contributed by atoms with Crippen LogP contribution in [0, 0.1) is 0 Å². The molecule has 0 aliphatic rings. The Morgan fingerprint density at radius 1 is 0.850 bits per heavy atom. The Balaban J connectivity index is -0.00000144. The van der Waals surface area contributed by atoms with Gasteiger partial charge in [-0.1, -0.05) is 0 Å². The molecule has 0 aliphatic heterocycles. The van der Waals surface area contributed by atoms with Crippen LogP contribution in [-0.2, 0) is 36.2 Å². The maximum atomic E-state index is 10.7. The summed E-state index contributed by atoms with van der Waals surface area (Å²) in [5, 5.41) is 41.6. The van der Waals surface area contributed by atoms with Crippen LogP contribution in [0.3, 0.4) is 0 Å². The first-order chi connectivity index (χ1) is 8.23. The zero-order chi connectivity index (χ0) is 14.3. The van der Waals surface area contributed by atoms with Gasteiger partial charge in [-0.3, -0.25) is 4.90 Å². The molecule has 0 aromatic heterocycles. The molecule has 0 aromatic rings. The minimum atomic E-state index is -1.79. The van der Waals surface area contributed by atoms with Crippen molar-refractivity contribution in [2.75, 3.05) is 13.1 Å². The van der Waals surface area contributed by atoms with E-state index in [1.54, 1.807) is 0 Å². The van der Waals surface area contributed by atoms with Crippen LogP contribution in [0.1, 0.15) is 12.8 Å². The molecule has 1 atom stereocenters. The molecule has 0 bridgehead atoms. The van der Waals surface area contributed by atoms with E-state index in [2.05, 4.69) is 0 Å². The molecule has 0 fully saturated rings. The molecule has 0 spiro atoms. The number of quaternary nitrogens is 1. The van der Waals surface area contributed by atoms with Crippen molar-refractivity contribution in [3.63, 3.8) is 0 Å². The number of carboxylic acids is 4. The zero-order valence-electron chi connectivity index (χ0n) is 10.5. The van der Waals surface area contributed by atoms with Crippen molar-refractivity contribution in [3.05, 3.63) is 0 Å². The Hall–Kier alpha value is -1.68. The number of aliphatic carboxylic acids is 4. The van der Waals surface area contributed by atoms with Crippen LogP contribution in [0.25, 0.3) is 0 Å². The van der Waals surface area contributed by atoms with Crippen LogP contribution in [-0.4, -0.2) is 47.9 Å². The van der Waals surface area contributed by atoms with Crippen LogP contribution in [0.5, 0.6) is 0 Å². The first kappa shape index (κ1) is 23.4. The van der Waals surface area contributed by atoms with Crippen LogP contribution < -0.4 is 26.6 Å². The predicted octanol–water partition coefficient (Wildman–Crippen LogP) is -6.19. The van der Waals surface area contributed by atoms with E-state index < -0.39 is 55.9 Å². The number of hydrogen-bond donors (Lipinski definition) is 1. The third-order valence-electron chi connectivity index (χ3n) is 2.00. The molecular formula is C9H13FeN2O8. The number of rotatable bonds is 9. The van der Waals surface area contributed by atoms with Gasteiger partial charge in [-0.05, 0) is 12.8 Å². The molecule has 0 aliphatic carbocycles. The molecule has 0 saturated carbocycles. The van der Waals surface area contributed by atoms with Gasteiger partial charge >= 0.3 is 17.1 Å². The standard InChI is InChI=1S/C9H13NO8.Fe.H3N/c11-6(12)2-1-5(9(17)18)10(3-7(13)14)4-8(15)16;;/h5H,1-4H2,(H,11,12)(H,13,14)(H,15,16)(H,17,18);;1H3/q;+3;/p-3/t5-;;/m0../s1. The normalized spacial score (nSPS) is 10.8. The van der Waals surface area contributed by atoms with Gasteiger partial charge in [0, 0.05) is 19.1 Å². The maximum absolute atomic E-state index is 10.7. The van der Waals surface area contributed by atoms with Gasteiger partial charge in [0.15, 0.2) is 0 Å². The van der Waals surface area contributed by atoms with Crippen molar-refractivity contribution >= 4 is 23.9 Å². The quantitative estimate of drug-likeness (QED) is 0.398.